The topological polar surface area (TPSA) is 66.8 Å². The highest BCUT2D eigenvalue weighted by atomic mass is 16.5. The molecule has 0 amide bonds. The van der Waals surface area contributed by atoms with Crippen molar-refractivity contribution in [1.82, 2.24) is 0 Å². The van der Waals surface area contributed by atoms with Crippen molar-refractivity contribution in [3.63, 3.8) is 0 Å². The minimum atomic E-state index is -0.239. The fourth-order valence-corrected chi connectivity index (χ4v) is 5.26. The van der Waals surface area contributed by atoms with Crippen LogP contribution in [0.4, 0.5) is 0 Å². The Morgan fingerprint density at radius 1 is 0.923 bits per heavy atom. The lowest BCUT2D eigenvalue weighted by Gasteiger charge is -2.39. The van der Waals surface area contributed by atoms with Crippen LogP contribution in [0.1, 0.15) is 77.0 Å². The third kappa shape index (κ3) is 5.82. The van der Waals surface area contributed by atoms with E-state index in [-0.39, 0.29) is 18.2 Å². The SMILES string of the molecule is O=C(/C=C\C1CCC(O)CC1)OCC1CCC(O)C(C2CCCCC2)C1. The van der Waals surface area contributed by atoms with Crippen molar-refractivity contribution in [2.24, 2.45) is 23.7 Å². The first-order valence-corrected chi connectivity index (χ1v) is 10.8. The highest BCUT2D eigenvalue weighted by molar-refractivity contribution is 5.81. The Morgan fingerprint density at radius 2 is 1.65 bits per heavy atom. The normalized spacial score (nSPS) is 36.9. The lowest BCUT2D eigenvalue weighted by molar-refractivity contribution is -0.140. The van der Waals surface area contributed by atoms with Gasteiger partial charge >= 0.3 is 5.97 Å². The van der Waals surface area contributed by atoms with Gasteiger partial charge in [-0.3, -0.25) is 0 Å². The molecule has 3 aliphatic rings. The number of rotatable bonds is 5. The number of hydrogen-bond donors (Lipinski definition) is 2. The van der Waals surface area contributed by atoms with Crippen LogP contribution in [0.3, 0.4) is 0 Å². The van der Waals surface area contributed by atoms with Gasteiger partial charge in [0, 0.05) is 6.08 Å². The Bertz CT molecular complexity index is 461. The molecule has 0 bridgehead atoms. The summed E-state index contributed by atoms with van der Waals surface area (Å²) in [6.07, 6.45) is 16.1. The zero-order valence-corrected chi connectivity index (χ0v) is 16.0. The Kier molecular flexibility index (Phi) is 7.56. The largest absolute Gasteiger partial charge is 0.462 e. The van der Waals surface area contributed by atoms with E-state index in [2.05, 4.69) is 0 Å². The first-order valence-electron chi connectivity index (χ1n) is 10.8. The van der Waals surface area contributed by atoms with Gasteiger partial charge in [0.05, 0.1) is 18.8 Å². The molecule has 3 rings (SSSR count). The molecule has 3 fully saturated rings. The van der Waals surface area contributed by atoms with Crippen LogP contribution >= 0.6 is 0 Å². The first kappa shape index (κ1) is 19.9. The predicted octanol–water partition coefficient (Wildman–Crippen LogP) is 3.99. The van der Waals surface area contributed by atoms with E-state index in [4.69, 9.17) is 4.74 Å². The van der Waals surface area contributed by atoms with Crippen molar-refractivity contribution < 1.29 is 19.7 Å². The Balaban J connectivity index is 1.40. The summed E-state index contributed by atoms with van der Waals surface area (Å²) in [5.74, 6) is 1.62. The minimum Gasteiger partial charge on any atom is -0.462 e. The smallest absolute Gasteiger partial charge is 0.330 e. The van der Waals surface area contributed by atoms with Crippen LogP contribution in [-0.4, -0.2) is 35.0 Å². The van der Waals surface area contributed by atoms with Crippen molar-refractivity contribution >= 4 is 5.97 Å². The van der Waals surface area contributed by atoms with Crippen molar-refractivity contribution in [3.05, 3.63) is 12.2 Å². The lowest BCUT2D eigenvalue weighted by Crippen LogP contribution is -2.36. The van der Waals surface area contributed by atoms with Gasteiger partial charge in [0.15, 0.2) is 0 Å². The molecule has 0 saturated heterocycles. The van der Waals surface area contributed by atoms with Crippen molar-refractivity contribution in [2.75, 3.05) is 6.61 Å². The summed E-state index contributed by atoms with van der Waals surface area (Å²) in [5, 5.41) is 20.0. The molecule has 2 N–H and O–H groups in total. The Hall–Kier alpha value is -0.870. The predicted molar refractivity (Wildman–Crippen MR) is 101 cm³/mol. The second-order valence-electron chi connectivity index (χ2n) is 8.87. The van der Waals surface area contributed by atoms with Crippen LogP contribution in [-0.2, 0) is 9.53 Å². The van der Waals surface area contributed by atoms with E-state index in [1.54, 1.807) is 6.08 Å². The molecule has 4 heteroatoms. The number of ether oxygens (including phenoxy) is 1. The van der Waals surface area contributed by atoms with E-state index in [9.17, 15) is 15.0 Å². The number of aliphatic hydroxyl groups is 2. The summed E-state index contributed by atoms with van der Waals surface area (Å²) >= 11 is 0. The molecule has 0 radical (unpaired) electrons. The van der Waals surface area contributed by atoms with E-state index >= 15 is 0 Å². The molecule has 0 spiro atoms. The number of esters is 1. The van der Waals surface area contributed by atoms with Gasteiger partial charge in [0.25, 0.3) is 0 Å². The maximum absolute atomic E-state index is 12.0. The fraction of sp³-hybridized carbons (Fsp3) is 0.864. The average Bonchev–Trinajstić information content (AvgIpc) is 2.67. The summed E-state index contributed by atoms with van der Waals surface area (Å²) < 4.78 is 5.51. The molecule has 0 aromatic rings. The highest BCUT2D eigenvalue weighted by Gasteiger charge is 2.35. The van der Waals surface area contributed by atoms with Crippen LogP contribution in [0.15, 0.2) is 12.2 Å². The van der Waals surface area contributed by atoms with E-state index in [0.29, 0.717) is 30.3 Å². The average molecular weight is 365 g/mol. The van der Waals surface area contributed by atoms with Gasteiger partial charge in [0.1, 0.15) is 0 Å². The van der Waals surface area contributed by atoms with Gasteiger partial charge in [-0.25, -0.2) is 4.79 Å². The molecule has 3 atom stereocenters. The third-order valence-corrected chi connectivity index (χ3v) is 6.93. The molecule has 0 aromatic heterocycles. The van der Waals surface area contributed by atoms with Crippen LogP contribution in [0, 0.1) is 23.7 Å². The zero-order chi connectivity index (χ0) is 18.4. The maximum Gasteiger partial charge on any atom is 0.330 e. The zero-order valence-electron chi connectivity index (χ0n) is 16.0. The van der Waals surface area contributed by atoms with Gasteiger partial charge in [0.2, 0.25) is 0 Å². The van der Waals surface area contributed by atoms with E-state index in [1.807, 2.05) is 6.08 Å². The summed E-state index contributed by atoms with van der Waals surface area (Å²) in [7, 11) is 0. The molecule has 0 heterocycles. The molecule has 3 saturated carbocycles. The second-order valence-corrected chi connectivity index (χ2v) is 8.87. The van der Waals surface area contributed by atoms with Crippen LogP contribution in [0.5, 0.6) is 0 Å². The summed E-state index contributed by atoms with van der Waals surface area (Å²) in [5.41, 5.74) is 0. The number of carbonyl (C=O) groups excluding carboxylic acids is 1. The fourth-order valence-electron chi connectivity index (χ4n) is 5.26. The van der Waals surface area contributed by atoms with Gasteiger partial charge in [-0.15, -0.1) is 0 Å². The molecule has 3 unspecified atom stereocenters. The molecule has 0 aromatic carbocycles. The molecule has 4 nitrogen and oxygen atoms in total. The summed E-state index contributed by atoms with van der Waals surface area (Å²) in [6, 6.07) is 0. The number of aliphatic hydroxyl groups excluding tert-OH is 2. The maximum atomic E-state index is 12.0. The van der Waals surface area contributed by atoms with Gasteiger partial charge in [-0.2, -0.15) is 0 Å². The number of carbonyl (C=O) groups is 1. The van der Waals surface area contributed by atoms with Crippen molar-refractivity contribution in [3.8, 4) is 0 Å². The third-order valence-electron chi connectivity index (χ3n) is 6.93. The second kappa shape index (κ2) is 9.89. The minimum absolute atomic E-state index is 0.161. The number of hydrogen-bond acceptors (Lipinski definition) is 4. The molecule has 26 heavy (non-hydrogen) atoms. The standard InChI is InChI=1S/C22H36O4/c23-19-10-6-16(7-11-19)9-13-22(25)26-15-17-8-12-21(24)20(14-17)18-4-2-1-3-5-18/h9,13,16-21,23-24H,1-8,10-12,14-15H2/b13-9-. The van der Waals surface area contributed by atoms with Crippen LogP contribution < -0.4 is 0 Å². The van der Waals surface area contributed by atoms with E-state index < -0.39 is 0 Å². The van der Waals surface area contributed by atoms with Gasteiger partial charge in [-0.1, -0.05) is 38.2 Å². The van der Waals surface area contributed by atoms with E-state index in [1.165, 1.54) is 32.1 Å². The Labute approximate surface area is 158 Å². The first-order chi connectivity index (χ1) is 12.6. The molecular weight excluding hydrogens is 328 g/mol. The lowest BCUT2D eigenvalue weighted by atomic mass is 9.69. The van der Waals surface area contributed by atoms with Gasteiger partial charge < -0.3 is 14.9 Å². The highest BCUT2D eigenvalue weighted by Crippen LogP contribution is 2.40. The van der Waals surface area contributed by atoms with Crippen LogP contribution in [0.25, 0.3) is 0 Å². The molecule has 148 valence electrons. The molecule has 0 aliphatic heterocycles. The van der Waals surface area contributed by atoms with E-state index in [0.717, 1.165) is 44.9 Å². The summed E-state index contributed by atoms with van der Waals surface area (Å²) in [6.45, 7) is 0.489. The monoisotopic (exact) mass is 364 g/mol. The van der Waals surface area contributed by atoms with Crippen LogP contribution in [0.2, 0.25) is 0 Å². The Morgan fingerprint density at radius 3 is 2.38 bits per heavy atom. The molecular formula is C22H36O4. The quantitative estimate of drug-likeness (QED) is 0.572. The van der Waals surface area contributed by atoms with Crippen molar-refractivity contribution in [1.29, 1.82) is 0 Å². The van der Waals surface area contributed by atoms with Crippen molar-refractivity contribution in [2.45, 2.75) is 89.3 Å². The summed E-state index contributed by atoms with van der Waals surface area (Å²) in [4.78, 5) is 12.0. The molecule has 3 aliphatic carbocycles. The van der Waals surface area contributed by atoms with Gasteiger partial charge in [-0.05, 0) is 68.6 Å². The number of allylic oxidation sites excluding steroid dienone is 1.